The largest absolute Gasteiger partial charge is 0.380 e. The van der Waals surface area contributed by atoms with Crippen LogP contribution in [0.25, 0.3) is 0 Å². The lowest BCUT2D eigenvalue weighted by molar-refractivity contribution is 0.154. The van der Waals surface area contributed by atoms with Gasteiger partial charge in [-0.15, -0.1) is 0 Å². The second kappa shape index (κ2) is 7.30. The second-order valence-electron chi connectivity index (χ2n) is 4.22. The molecule has 1 rings (SSSR count). The maximum Gasteiger partial charge on any atom is 0.0641 e. The van der Waals surface area contributed by atoms with Crippen molar-refractivity contribution in [2.75, 3.05) is 31.7 Å². The summed E-state index contributed by atoms with van der Waals surface area (Å²) in [4.78, 5) is 2.19. The molecule has 0 radical (unpaired) electrons. The lowest BCUT2D eigenvalue weighted by Crippen LogP contribution is -2.22. The third-order valence-corrected chi connectivity index (χ3v) is 2.98. The molecule has 0 bridgehead atoms. The van der Waals surface area contributed by atoms with Crippen molar-refractivity contribution in [3.8, 4) is 0 Å². The SMILES string of the molecule is CCOCCN(C)c1ccc([C@H](N)CC)cc1. The minimum atomic E-state index is 0.151. The molecule has 96 valence electrons. The van der Waals surface area contributed by atoms with Gasteiger partial charge in [-0.25, -0.2) is 0 Å². The van der Waals surface area contributed by atoms with E-state index in [-0.39, 0.29) is 6.04 Å². The van der Waals surface area contributed by atoms with Crippen LogP contribution in [0.4, 0.5) is 5.69 Å². The Labute approximate surface area is 105 Å². The molecule has 1 aromatic rings. The number of rotatable bonds is 7. The van der Waals surface area contributed by atoms with Gasteiger partial charge in [0.15, 0.2) is 0 Å². The molecule has 1 atom stereocenters. The number of likely N-dealkylation sites (N-methyl/N-ethyl adjacent to an activating group) is 1. The highest BCUT2D eigenvalue weighted by Crippen LogP contribution is 2.18. The second-order valence-corrected chi connectivity index (χ2v) is 4.22. The van der Waals surface area contributed by atoms with E-state index in [2.05, 4.69) is 43.1 Å². The first-order valence-electron chi connectivity index (χ1n) is 6.33. The molecule has 0 aliphatic carbocycles. The van der Waals surface area contributed by atoms with Gasteiger partial charge in [0.1, 0.15) is 0 Å². The third-order valence-electron chi connectivity index (χ3n) is 2.98. The Morgan fingerprint density at radius 3 is 2.41 bits per heavy atom. The molecule has 0 amide bonds. The van der Waals surface area contributed by atoms with Crippen LogP contribution in [0, 0.1) is 0 Å². The highest BCUT2D eigenvalue weighted by Gasteiger charge is 2.04. The van der Waals surface area contributed by atoms with Crippen LogP contribution in [0.1, 0.15) is 31.9 Å². The van der Waals surface area contributed by atoms with Gasteiger partial charge in [-0.05, 0) is 31.0 Å². The van der Waals surface area contributed by atoms with Crippen molar-refractivity contribution < 1.29 is 4.74 Å². The molecule has 0 aliphatic heterocycles. The number of ether oxygens (including phenoxy) is 1. The zero-order valence-electron chi connectivity index (χ0n) is 11.1. The van der Waals surface area contributed by atoms with E-state index in [0.29, 0.717) is 0 Å². The Hall–Kier alpha value is -1.06. The van der Waals surface area contributed by atoms with Crippen LogP contribution < -0.4 is 10.6 Å². The Morgan fingerprint density at radius 2 is 1.88 bits per heavy atom. The molecule has 0 spiro atoms. The molecule has 0 saturated carbocycles. The normalized spacial score (nSPS) is 12.5. The van der Waals surface area contributed by atoms with Crippen molar-refractivity contribution in [2.24, 2.45) is 5.73 Å². The average Bonchev–Trinajstić information content (AvgIpc) is 2.38. The molecule has 3 nitrogen and oxygen atoms in total. The number of anilines is 1. The van der Waals surface area contributed by atoms with E-state index in [1.54, 1.807) is 0 Å². The van der Waals surface area contributed by atoms with Crippen LogP contribution in [0.15, 0.2) is 24.3 Å². The van der Waals surface area contributed by atoms with E-state index in [0.717, 1.165) is 26.2 Å². The molecular formula is C14H24N2O. The lowest BCUT2D eigenvalue weighted by atomic mass is 10.1. The standard InChI is InChI=1S/C14H24N2O/c1-4-14(15)12-6-8-13(9-7-12)16(3)10-11-17-5-2/h6-9,14H,4-5,10-11,15H2,1-3H3/t14-/m1/s1. The average molecular weight is 236 g/mol. The summed E-state index contributed by atoms with van der Waals surface area (Å²) >= 11 is 0. The molecule has 0 heterocycles. The van der Waals surface area contributed by atoms with Gasteiger partial charge in [0.05, 0.1) is 6.61 Å². The van der Waals surface area contributed by atoms with Gasteiger partial charge < -0.3 is 15.4 Å². The number of hydrogen-bond donors (Lipinski definition) is 1. The summed E-state index contributed by atoms with van der Waals surface area (Å²) in [5.74, 6) is 0. The Balaban J connectivity index is 2.54. The van der Waals surface area contributed by atoms with Crippen molar-refractivity contribution in [3.63, 3.8) is 0 Å². The zero-order chi connectivity index (χ0) is 12.7. The number of benzene rings is 1. The smallest absolute Gasteiger partial charge is 0.0641 e. The quantitative estimate of drug-likeness (QED) is 0.739. The van der Waals surface area contributed by atoms with Gasteiger partial charge >= 0.3 is 0 Å². The summed E-state index contributed by atoms with van der Waals surface area (Å²) in [5.41, 5.74) is 8.39. The van der Waals surface area contributed by atoms with E-state index < -0.39 is 0 Å². The first kappa shape index (κ1) is 14.0. The van der Waals surface area contributed by atoms with Gasteiger partial charge in [-0.3, -0.25) is 0 Å². The molecule has 3 heteroatoms. The van der Waals surface area contributed by atoms with Crippen LogP contribution >= 0.6 is 0 Å². The summed E-state index contributed by atoms with van der Waals surface area (Å²) in [6.45, 7) is 6.57. The van der Waals surface area contributed by atoms with Gasteiger partial charge in [0.2, 0.25) is 0 Å². The van der Waals surface area contributed by atoms with E-state index in [9.17, 15) is 0 Å². The Morgan fingerprint density at radius 1 is 1.24 bits per heavy atom. The van der Waals surface area contributed by atoms with Crippen molar-refractivity contribution in [3.05, 3.63) is 29.8 Å². The summed E-state index contributed by atoms with van der Waals surface area (Å²) in [7, 11) is 2.08. The van der Waals surface area contributed by atoms with Gasteiger partial charge in [-0.1, -0.05) is 19.1 Å². The van der Waals surface area contributed by atoms with Crippen LogP contribution in [0.3, 0.4) is 0 Å². The van der Waals surface area contributed by atoms with E-state index in [1.165, 1.54) is 11.3 Å². The Bertz CT molecular complexity index is 311. The first-order valence-corrected chi connectivity index (χ1v) is 6.33. The highest BCUT2D eigenvalue weighted by molar-refractivity contribution is 5.47. The molecule has 0 aromatic heterocycles. The van der Waals surface area contributed by atoms with Crippen molar-refractivity contribution in [2.45, 2.75) is 26.3 Å². The lowest BCUT2D eigenvalue weighted by Gasteiger charge is -2.20. The molecule has 0 fully saturated rings. The van der Waals surface area contributed by atoms with Crippen molar-refractivity contribution in [1.29, 1.82) is 0 Å². The van der Waals surface area contributed by atoms with E-state index >= 15 is 0 Å². The number of nitrogens with zero attached hydrogens (tertiary/aromatic N) is 1. The number of nitrogens with two attached hydrogens (primary N) is 1. The van der Waals surface area contributed by atoms with Gasteiger partial charge in [-0.2, -0.15) is 0 Å². The Kier molecular flexibility index (Phi) is 6.01. The predicted octanol–water partition coefficient (Wildman–Crippen LogP) is 2.57. The molecule has 1 aromatic carbocycles. The summed E-state index contributed by atoms with van der Waals surface area (Å²) in [6, 6.07) is 8.62. The van der Waals surface area contributed by atoms with Crippen molar-refractivity contribution >= 4 is 5.69 Å². The minimum Gasteiger partial charge on any atom is -0.380 e. The van der Waals surface area contributed by atoms with Crippen LogP contribution in [0.5, 0.6) is 0 Å². The molecular weight excluding hydrogens is 212 g/mol. The zero-order valence-corrected chi connectivity index (χ0v) is 11.1. The maximum absolute atomic E-state index is 5.99. The first-order chi connectivity index (χ1) is 8.19. The van der Waals surface area contributed by atoms with Crippen molar-refractivity contribution in [1.82, 2.24) is 0 Å². The fraction of sp³-hybridized carbons (Fsp3) is 0.571. The fourth-order valence-electron chi connectivity index (χ4n) is 1.69. The molecule has 0 saturated heterocycles. The summed E-state index contributed by atoms with van der Waals surface area (Å²) < 4.78 is 5.34. The topological polar surface area (TPSA) is 38.5 Å². The maximum atomic E-state index is 5.99. The molecule has 0 aliphatic rings. The molecule has 17 heavy (non-hydrogen) atoms. The number of hydrogen-bond acceptors (Lipinski definition) is 3. The summed E-state index contributed by atoms with van der Waals surface area (Å²) in [6.07, 6.45) is 0.972. The highest BCUT2D eigenvalue weighted by atomic mass is 16.5. The minimum absolute atomic E-state index is 0.151. The molecule has 0 unspecified atom stereocenters. The summed E-state index contributed by atoms with van der Waals surface area (Å²) in [5, 5.41) is 0. The van der Waals surface area contributed by atoms with Gasteiger partial charge in [0, 0.05) is 31.9 Å². The monoisotopic (exact) mass is 236 g/mol. The van der Waals surface area contributed by atoms with E-state index in [4.69, 9.17) is 10.5 Å². The third kappa shape index (κ3) is 4.36. The molecule has 2 N–H and O–H groups in total. The van der Waals surface area contributed by atoms with Crippen LogP contribution in [-0.4, -0.2) is 26.8 Å². The predicted molar refractivity (Wildman–Crippen MR) is 73.4 cm³/mol. The fourth-order valence-corrected chi connectivity index (χ4v) is 1.69. The van der Waals surface area contributed by atoms with Crippen LogP contribution in [-0.2, 0) is 4.74 Å². The van der Waals surface area contributed by atoms with Crippen LogP contribution in [0.2, 0.25) is 0 Å². The van der Waals surface area contributed by atoms with E-state index in [1.807, 2.05) is 6.92 Å². The van der Waals surface area contributed by atoms with Gasteiger partial charge in [0.25, 0.3) is 0 Å².